The lowest BCUT2D eigenvalue weighted by molar-refractivity contribution is 0.603. The fourth-order valence-corrected chi connectivity index (χ4v) is 2.65. The maximum Gasteiger partial charge on any atom is 0.126 e. The van der Waals surface area contributed by atoms with Crippen LogP contribution < -0.4 is 5.73 Å². The van der Waals surface area contributed by atoms with Crippen molar-refractivity contribution >= 4 is 17.6 Å². The molecule has 1 aliphatic rings. The molecule has 0 saturated carbocycles. The van der Waals surface area contributed by atoms with Crippen LogP contribution in [0.15, 0.2) is 0 Å². The zero-order chi connectivity index (χ0) is 9.26. The molecule has 0 unspecified atom stereocenters. The number of thioether (sulfide) groups is 1. The van der Waals surface area contributed by atoms with Crippen LogP contribution in [-0.4, -0.2) is 15.5 Å². The Morgan fingerprint density at radius 2 is 2.46 bits per heavy atom. The average Bonchev–Trinajstić information content (AvgIpc) is 2.46. The van der Waals surface area contributed by atoms with Crippen molar-refractivity contribution in [2.24, 2.45) is 0 Å². The minimum absolute atomic E-state index is 0.893. The molecule has 0 fully saturated rings. The highest BCUT2D eigenvalue weighted by Gasteiger charge is 2.18. The maximum atomic E-state index is 6.00. The van der Waals surface area contributed by atoms with Crippen molar-refractivity contribution in [3.8, 4) is 0 Å². The number of hydrogen-bond donors (Lipinski definition) is 1. The summed E-state index contributed by atoms with van der Waals surface area (Å²) < 4.78 is 1.95. The first kappa shape index (κ1) is 8.94. The largest absolute Gasteiger partial charge is 0.384 e. The predicted molar refractivity (Wildman–Crippen MR) is 56.8 cm³/mol. The third kappa shape index (κ3) is 1.55. The van der Waals surface area contributed by atoms with Gasteiger partial charge in [-0.25, -0.2) is 4.68 Å². The molecule has 2 N–H and O–H groups in total. The molecule has 2 rings (SSSR count). The molecule has 2 heterocycles. The van der Waals surface area contributed by atoms with Gasteiger partial charge in [0.15, 0.2) is 0 Å². The van der Waals surface area contributed by atoms with Gasteiger partial charge in [-0.1, -0.05) is 6.92 Å². The first-order chi connectivity index (χ1) is 6.33. The minimum atomic E-state index is 0.893. The molecule has 0 amide bonds. The Kier molecular flexibility index (Phi) is 2.49. The molecule has 13 heavy (non-hydrogen) atoms. The summed E-state index contributed by atoms with van der Waals surface area (Å²) in [6.45, 7) is 3.10. The molecule has 0 atom stereocenters. The van der Waals surface area contributed by atoms with E-state index in [1.54, 1.807) is 0 Å². The molecule has 0 aliphatic carbocycles. The molecular formula is C9H15N3S. The summed E-state index contributed by atoms with van der Waals surface area (Å²) in [5.41, 5.74) is 8.51. The molecule has 0 spiro atoms. The van der Waals surface area contributed by atoms with E-state index in [0.29, 0.717) is 0 Å². The van der Waals surface area contributed by atoms with Gasteiger partial charge in [0.05, 0.1) is 5.69 Å². The van der Waals surface area contributed by atoms with Crippen LogP contribution in [0, 0.1) is 0 Å². The van der Waals surface area contributed by atoms with E-state index in [9.17, 15) is 0 Å². The number of fused-ring (bicyclic) bond motifs is 1. The Morgan fingerprint density at radius 1 is 1.62 bits per heavy atom. The zero-order valence-electron chi connectivity index (χ0n) is 7.92. The second kappa shape index (κ2) is 3.62. The Balaban J connectivity index is 2.33. The molecule has 0 bridgehead atoms. The van der Waals surface area contributed by atoms with Crippen LogP contribution in [0.1, 0.15) is 24.6 Å². The lowest BCUT2D eigenvalue weighted by atomic mass is 10.2. The molecule has 72 valence electrons. The van der Waals surface area contributed by atoms with E-state index in [0.717, 1.165) is 31.0 Å². The summed E-state index contributed by atoms with van der Waals surface area (Å²) in [5.74, 6) is 3.13. The quantitative estimate of drug-likeness (QED) is 0.784. The molecule has 3 nitrogen and oxygen atoms in total. The van der Waals surface area contributed by atoms with E-state index in [-0.39, 0.29) is 0 Å². The van der Waals surface area contributed by atoms with Crippen molar-refractivity contribution < 1.29 is 0 Å². The molecule has 4 heteroatoms. The van der Waals surface area contributed by atoms with Gasteiger partial charge in [-0.3, -0.25) is 0 Å². The molecule has 0 radical (unpaired) electrons. The Hall–Kier alpha value is -0.640. The number of rotatable bonds is 2. The van der Waals surface area contributed by atoms with Gasteiger partial charge in [-0.05, 0) is 12.2 Å². The number of nitrogen functional groups attached to an aromatic ring is 1. The van der Waals surface area contributed by atoms with Crippen molar-refractivity contribution in [1.82, 2.24) is 9.78 Å². The summed E-state index contributed by atoms with van der Waals surface area (Å²) in [6.07, 6.45) is 2.18. The standard InChI is InChI=1S/C9H15N3S/c1-2-4-12-9(10)7-6-13-5-3-8(7)11-12/h2-6,10H2,1H3. The molecular weight excluding hydrogens is 182 g/mol. The predicted octanol–water partition coefficient (Wildman–Crippen LogP) is 1.66. The van der Waals surface area contributed by atoms with Crippen LogP contribution in [0.3, 0.4) is 0 Å². The van der Waals surface area contributed by atoms with Crippen LogP contribution >= 0.6 is 11.8 Å². The summed E-state index contributed by atoms with van der Waals surface area (Å²) >= 11 is 1.95. The first-order valence-electron chi connectivity index (χ1n) is 4.74. The molecule has 1 aliphatic heterocycles. The van der Waals surface area contributed by atoms with Crippen LogP contribution in [0.5, 0.6) is 0 Å². The Morgan fingerprint density at radius 3 is 3.15 bits per heavy atom. The highest BCUT2D eigenvalue weighted by atomic mass is 32.2. The average molecular weight is 197 g/mol. The zero-order valence-corrected chi connectivity index (χ0v) is 8.73. The van der Waals surface area contributed by atoms with Crippen LogP contribution in [0.25, 0.3) is 0 Å². The first-order valence-corrected chi connectivity index (χ1v) is 5.90. The molecule has 0 saturated heterocycles. The molecule has 1 aromatic rings. The Labute approximate surface area is 82.7 Å². The van der Waals surface area contributed by atoms with Gasteiger partial charge in [0, 0.05) is 24.3 Å². The fraction of sp³-hybridized carbons (Fsp3) is 0.667. The fourth-order valence-electron chi connectivity index (χ4n) is 1.65. The number of nitrogens with zero attached hydrogens (tertiary/aromatic N) is 2. The molecule has 1 aromatic heterocycles. The van der Waals surface area contributed by atoms with Crippen molar-refractivity contribution in [2.75, 3.05) is 11.5 Å². The van der Waals surface area contributed by atoms with Gasteiger partial charge in [0.2, 0.25) is 0 Å². The normalized spacial score (nSPS) is 15.8. The number of nitrogens with two attached hydrogens (primary N) is 1. The van der Waals surface area contributed by atoms with Gasteiger partial charge < -0.3 is 5.73 Å². The summed E-state index contributed by atoms with van der Waals surface area (Å²) in [5, 5.41) is 4.52. The monoisotopic (exact) mass is 197 g/mol. The smallest absolute Gasteiger partial charge is 0.126 e. The van der Waals surface area contributed by atoms with E-state index in [4.69, 9.17) is 5.73 Å². The number of anilines is 1. The van der Waals surface area contributed by atoms with E-state index < -0.39 is 0 Å². The van der Waals surface area contributed by atoms with Crippen LogP contribution in [-0.2, 0) is 18.7 Å². The van der Waals surface area contributed by atoms with Crippen molar-refractivity contribution in [3.05, 3.63) is 11.3 Å². The third-order valence-corrected chi connectivity index (χ3v) is 3.33. The van der Waals surface area contributed by atoms with Crippen molar-refractivity contribution in [3.63, 3.8) is 0 Å². The van der Waals surface area contributed by atoms with Crippen molar-refractivity contribution in [1.29, 1.82) is 0 Å². The Bertz CT molecular complexity index is 306. The van der Waals surface area contributed by atoms with Gasteiger partial charge >= 0.3 is 0 Å². The van der Waals surface area contributed by atoms with E-state index in [1.165, 1.54) is 17.0 Å². The third-order valence-electron chi connectivity index (χ3n) is 2.34. The summed E-state index contributed by atoms with van der Waals surface area (Å²) in [4.78, 5) is 0. The van der Waals surface area contributed by atoms with Gasteiger partial charge in [0.1, 0.15) is 5.82 Å². The lowest BCUT2D eigenvalue weighted by Crippen LogP contribution is -2.04. The van der Waals surface area contributed by atoms with Gasteiger partial charge in [0.25, 0.3) is 0 Å². The summed E-state index contributed by atoms with van der Waals surface area (Å²) in [6, 6.07) is 0. The SMILES string of the molecule is CCCn1nc2c(c1N)CSCC2. The van der Waals surface area contributed by atoms with Gasteiger partial charge in [-0.15, -0.1) is 0 Å². The number of aryl methyl sites for hydroxylation is 2. The van der Waals surface area contributed by atoms with Gasteiger partial charge in [-0.2, -0.15) is 16.9 Å². The number of hydrogen-bond acceptors (Lipinski definition) is 3. The highest BCUT2D eigenvalue weighted by molar-refractivity contribution is 7.98. The minimum Gasteiger partial charge on any atom is -0.384 e. The van der Waals surface area contributed by atoms with E-state index >= 15 is 0 Å². The topological polar surface area (TPSA) is 43.8 Å². The number of aromatic nitrogens is 2. The maximum absolute atomic E-state index is 6.00. The van der Waals surface area contributed by atoms with Crippen molar-refractivity contribution in [2.45, 2.75) is 32.1 Å². The van der Waals surface area contributed by atoms with E-state index in [2.05, 4.69) is 12.0 Å². The highest BCUT2D eigenvalue weighted by Crippen LogP contribution is 2.28. The van der Waals surface area contributed by atoms with E-state index in [1.807, 2.05) is 16.4 Å². The summed E-state index contributed by atoms with van der Waals surface area (Å²) in [7, 11) is 0. The molecule has 0 aromatic carbocycles. The van der Waals surface area contributed by atoms with Crippen LogP contribution in [0.2, 0.25) is 0 Å². The lowest BCUT2D eigenvalue weighted by Gasteiger charge is -2.08. The second-order valence-corrected chi connectivity index (χ2v) is 4.44. The second-order valence-electron chi connectivity index (χ2n) is 3.34. The van der Waals surface area contributed by atoms with Crippen LogP contribution in [0.4, 0.5) is 5.82 Å².